The van der Waals surface area contributed by atoms with Gasteiger partial charge >= 0.3 is 0 Å². The molecule has 1 heterocycles. The van der Waals surface area contributed by atoms with E-state index >= 15 is 0 Å². The van der Waals surface area contributed by atoms with Gasteiger partial charge < -0.3 is 4.98 Å². The zero-order valence-electron chi connectivity index (χ0n) is 11.0. The van der Waals surface area contributed by atoms with Gasteiger partial charge in [0, 0.05) is 16.5 Å². The van der Waals surface area contributed by atoms with Crippen LogP contribution in [0.4, 0.5) is 0 Å². The number of nitrogens with one attached hydrogen (secondary N) is 1. The monoisotopic (exact) mass is 337 g/mol. The van der Waals surface area contributed by atoms with E-state index in [9.17, 15) is 4.79 Å². The second-order valence-electron chi connectivity index (χ2n) is 4.77. The molecule has 0 spiro atoms. The van der Waals surface area contributed by atoms with E-state index in [1.165, 1.54) is 0 Å². The Bertz CT molecular complexity index is 868. The van der Waals surface area contributed by atoms with Crippen LogP contribution in [0.25, 0.3) is 22.2 Å². The number of aldehydes is 1. The van der Waals surface area contributed by atoms with Crippen molar-refractivity contribution in [3.8, 4) is 11.3 Å². The van der Waals surface area contributed by atoms with Crippen molar-refractivity contribution in [1.82, 2.24) is 4.98 Å². The molecular weight excluding hydrogens is 329 g/mol. The number of halogens is 3. The van der Waals surface area contributed by atoms with Crippen LogP contribution in [0.5, 0.6) is 0 Å². The molecule has 0 amide bonds. The molecule has 5 heteroatoms. The van der Waals surface area contributed by atoms with Gasteiger partial charge in [-0.3, -0.25) is 4.79 Å². The van der Waals surface area contributed by atoms with Crippen molar-refractivity contribution in [1.29, 1.82) is 0 Å². The fourth-order valence-corrected chi connectivity index (χ4v) is 2.98. The van der Waals surface area contributed by atoms with Gasteiger partial charge in [0.25, 0.3) is 0 Å². The van der Waals surface area contributed by atoms with E-state index in [4.69, 9.17) is 34.8 Å². The van der Waals surface area contributed by atoms with Crippen molar-refractivity contribution in [2.24, 2.45) is 0 Å². The van der Waals surface area contributed by atoms with Crippen LogP contribution in [0.1, 0.15) is 15.9 Å². The fraction of sp³-hybridized carbons (Fsp3) is 0.0625. The molecule has 21 heavy (non-hydrogen) atoms. The Hall–Kier alpha value is -1.48. The standard InChI is InChI=1S/C16H10Cl3NO/c1-8-2-4-12(18)14-10(7-21)16(20-15(8)14)9-3-5-11(17)13(19)6-9/h2-7,20H,1H3. The predicted octanol–water partition coefficient (Wildman–Crippen LogP) is 5.92. The van der Waals surface area contributed by atoms with Crippen LogP contribution in [-0.2, 0) is 0 Å². The third-order valence-corrected chi connectivity index (χ3v) is 4.53. The summed E-state index contributed by atoms with van der Waals surface area (Å²) in [6.07, 6.45) is 0.808. The first-order valence-electron chi connectivity index (χ1n) is 6.24. The average molecular weight is 339 g/mol. The Morgan fingerprint density at radius 1 is 1.00 bits per heavy atom. The average Bonchev–Trinajstić information content (AvgIpc) is 2.86. The zero-order valence-corrected chi connectivity index (χ0v) is 13.3. The lowest BCUT2D eigenvalue weighted by Crippen LogP contribution is -1.85. The van der Waals surface area contributed by atoms with Gasteiger partial charge in [-0.05, 0) is 30.7 Å². The topological polar surface area (TPSA) is 32.9 Å². The molecule has 0 aliphatic heterocycles. The van der Waals surface area contributed by atoms with Gasteiger partial charge in [-0.1, -0.05) is 46.9 Å². The van der Waals surface area contributed by atoms with Crippen molar-refractivity contribution >= 4 is 52.0 Å². The van der Waals surface area contributed by atoms with E-state index in [2.05, 4.69) is 4.98 Å². The summed E-state index contributed by atoms with van der Waals surface area (Å²) in [5, 5.41) is 2.18. The van der Waals surface area contributed by atoms with E-state index in [0.717, 1.165) is 28.3 Å². The normalized spacial score (nSPS) is 11.0. The van der Waals surface area contributed by atoms with Crippen LogP contribution >= 0.6 is 34.8 Å². The highest BCUT2D eigenvalue weighted by atomic mass is 35.5. The number of carbonyl (C=O) groups excluding carboxylic acids is 1. The smallest absolute Gasteiger partial charge is 0.152 e. The van der Waals surface area contributed by atoms with Crippen LogP contribution in [0.3, 0.4) is 0 Å². The molecule has 2 aromatic carbocycles. The minimum absolute atomic E-state index is 0.437. The molecule has 0 fully saturated rings. The number of H-pyrrole nitrogens is 1. The molecule has 0 unspecified atom stereocenters. The highest BCUT2D eigenvalue weighted by molar-refractivity contribution is 6.42. The number of benzene rings is 2. The second-order valence-corrected chi connectivity index (χ2v) is 6.00. The number of hydrogen-bond donors (Lipinski definition) is 1. The lowest BCUT2D eigenvalue weighted by Gasteiger charge is -2.02. The molecule has 0 aliphatic carbocycles. The molecule has 106 valence electrons. The summed E-state index contributed by atoms with van der Waals surface area (Å²) in [6, 6.07) is 8.95. The van der Waals surface area contributed by atoms with Crippen LogP contribution < -0.4 is 0 Å². The van der Waals surface area contributed by atoms with E-state index in [-0.39, 0.29) is 0 Å². The number of rotatable bonds is 2. The summed E-state index contributed by atoms with van der Waals surface area (Å²) >= 11 is 18.2. The van der Waals surface area contributed by atoms with Crippen molar-refractivity contribution in [3.05, 3.63) is 56.5 Å². The highest BCUT2D eigenvalue weighted by Crippen LogP contribution is 2.36. The Balaban J connectivity index is 2.37. The van der Waals surface area contributed by atoms with Crippen LogP contribution in [0.2, 0.25) is 15.1 Å². The number of aryl methyl sites for hydroxylation is 1. The maximum absolute atomic E-state index is 11.6. The van der Waals surface area contributed by atoms with Gasteiger partial charge in [0.2, 0.25) is 0 Å². The first-order chi connectivity index (χ1) is 10.0. The molecule has 3 rings (SSSR count). The summed E-state index contributed by atoms with van der Waals surface area (Å²) in [6.45, 7) is 1.96. The van der Waals surface area contributed by atoms with Crippen LogP contribution in [0, 0.1) is 6.92 Å². The van der Waals surface area contributed by atoms with Crippen molar-refractivity contribution < 1.29 is 4.79 Å². The maximum atomic E-state index is 11.6. The highest BCUT2D eigenvalue weighted by Gasteiger charge is 2.17. The van der Waals surface area contributed by atoms with Gasteiger partial charge in [-0.15, -0.1) is 0 Å². The second kappa shape index (κ2) is 5.38. The van der Waals surface area contributed by atoms with Gasteiger partial charge in [-0.25, -0.2) is 0 Å². The van der Waals surface area contributed by atoms with E-state index in [1.54, 1.807) is 18.2 Å². The van der Waals surface area contributed by atoms with Gasteiger partial charge in [0.15, 0.2) is 6.29 Å². The Morgan fingerprint density at radius 3 is 2.38 bits per heavy atom. The Kier molecular flexibility index (Phi) is 3.70. The van der Waals surface area contributed by atoms with E-state index in [0.29, 0.717) is 26.3 Å². The number of carbonyl (C=O) groups is 1. The summed E-state index contributed by atoms with van der Waals surface area (Å²) in [7, 11) is 0. The summed E-state index contributed by atoms with van der Waals surface area (Å²) in [5.74, 6) is 0. The molecular formula is C16H10Cl3NO. The van der Waals surface area contributed by atoms with Crippen LogP contribution in [0.15, 0.2) is 30.3 Å². The van der Waals surface area contributed by atoms with Crippen LogP contribution in [-0.4, -0.2) is 11.3 Å². The first kappa shape index (κ1) is 14.5. The third kappa shape index (κ3) is 2.34. The summed E-state index contributed by atoms with van der Waals surface area (Å²) in [4.78, 5) is 14.8. The number of fused-ring (bicyclic) bond motifs is 1. The van der Waals surface area contributed by atoms with Gasteiger partial charge in [-0.2, -0.15) is 0 Å². The summed E-state index contributed by atoms with van der Waals surface area (Å²) in [5.41, 5.74) is 3.87. The molecule has 0 aliphatic rings. The number of aromatic amines is 1. The minimum atomic E-state index is 0.437. The summed E-state index contributed by atoms with van der Waals surface area (Å²) < 4.78 is 0. The van der Waals surface area contributed by atoms with E-state index in [1.807, 2.05) is 19.1 Å². The Labute approximate surface area is 136 Å². The number of aromatic nitrogens is 1. The van der Waals surface area contributed by atoms with Gasteiger partial charge in [0.05, 0.1) is 26.3 Å². The largest absolute Gasteiger partial charge is 0.354 e. The lowest BCUT2D eigenvalue weighted by molar-refractivity contribution is 0.112. The molecule has 0 radical (unpaired) electrons. The molecule has 0 saturated carbocycles. The molecule has 3 aromatic rings. The first-order valence-corrected chi connectivity index (χ1v) is 7.37. The van der Waals surface area contributed by atoms with Crippen molar-refractivity contribution in [3.63, 3.8) is 0 Å². The molecule has 0 bridgehead atoms. The zero-order chi connectivity index (χ0) is 15.1. The Morgan fingerprint density at radius 2 is 1.71 bits per heavy atom. The molecule has 0 saturated heterocycles. The van der Waals surface area contributed by atoms with Gasteiger partial charge in [0.1, 0.15) is 0 Å². The van der Waals surface area contributed by atoms with Crippen molar-refractivity contribution in [2.45, 2.75) is 6.92 Å². The fourth-order valence-electron chi connectivity index (χ4n) is 2.42. The molecule has 1 N–H and O–H groups in total. The number of hydrogen-bond acceptors (Lipinski definition) is 1. The predicted molar refractivity (Wildman–Crippen MR) is 88.9 cm³/mol. The third-order valence-electron chi connectivity index (χ3n) is 3.48. The maximum Gasteiger partial charge on any atom is 0.152 e. The van der Waals surface area contributed by atoms with E-state index < -0.39 is 0 Å². The lowest BCUT2D eigenvalue weighted by atomic mass is 10.1. The molecule has 2 nitrogen and oxygen atoms in total. The SMILES string of the molecule is Cc1ccc(Cl)c2c(C=O)c(-c3ccc(Cl)c(Cl)c3)[nH]c12. The molecule has 1 aromatic heterocycles. The van der Waals surface area contributed by atoms with Crippen molar-refractivity contribution in [2.75, 3.05) is 0 Å². The molecule has 0 atom stereocenters. The quantitative estimate of drug-likeness (QED) is 0.578. The minimum Gasteiger partial charge on any atom is -0.354 e.